The minimum absolute atomic E-state index is 0.0622. The largest absolute Gasteiger partial charge is 0.481 e. The van der Waals surface area contributed by atoms with Crippen molar-refractivity contribution < 1.29 is 14.3 Å². The highest BCUT2D eigenvalue weighted by molar-refractivity contribution is 5.68. The second-order valence-electron chi connectivity index (χ2n) is 4.38. The molecule has 0 saturated heterocycles. The molecule has 1 unspecified atom stereocenters. The molecule has 18 heavy (non-hydrogen) atoms. The summed E-state index contributed by atoms with van der Waals surface area (Å²) in [6, 6.07) is 2.86. The van der Waals surface area contributed by atoms with Crippen molar-refractivity contribution in [1.29, 1.82) is 0 Å². The first-order valence-corrected chi connectivity index (χ1v) is 6.03. The molecule has 1 atom stereocenters. The van der Waals surface area contributed by atoms with Gasteiger partial charge >= 0.3 is 5.97 Å². The summed E-state index contributed by atoms with van der Waals surface area (Å²) < 4.78 is 12.9. The second-order valence-corrected chi connectivity index (χ2v) is 4.38. The number of carboxylic acids is 1. The van der Waals surface area contributed by atoms with Crippen LogP contribution in [-0.2, 0) is 10.3 Å². The Kier molecular flexibility index (Phi) is 4.78. The molecule has 1 aromatic rings. The van der Waals surface area contributed by atoms with Crippen LogP contribution in [0.2, 0.25) is 0 Å². The lowest BCUT2D eigenvalue weighted by atomic mass is 9.90. The predicted molar refractivity (Wildman–Crippen MR) is 66.7 cm³/mol. The minimum Gasteiger partial charge on any atom is -0.481 e. The van der Waals surface area contributed by atoms with Crippen molar-refractivity contribution in [2.75, 3.05) is 13.1 Å². The van der Waals surface area contributed by atoms with Crippen molar-refractivity contribution in [2.24, 2.45) is 0 Å². The Morgan fingerprint density at radius 2 is 2.06 bits per heavy atom. The second kappa shape index (κ2) is 5.91. The van der Waals surface area contributed by atoms with Gasteiger partial charge in [-0.15, -0.1) is 0 Å². The van der Waals surface area contributed by atoms with Crippen LogP contribution in [0.3, 0.4) is 0 Å². The zero-order valence-electron chi connectivity index (χ0n) is 11.0. The molecule has 0 radical (unpaired) electrons. The molecule has 0 saturated carbocycles. The average Bonchev–Trinajstić information content (AvgIpc) is 2.30. The van der Waals surface area contributed by atoms with Crippen molar-refractivity contribution in [2.45, 2.75) is 32.7 Å². The van der Waals surface area contributed by atoms with E-state index < -0.39 is 17.3 Å². The number of aromatic nitrogens is 1. The summed E-state index contributed by atoms with van der Waals surface area (Å²) in [5.41, 5.74) is -0.141. The van der Waals surface area contributed by atoms with E-state index in [0.717, 1.165) is 6.20 Å². The highest BCUT2D eigenvalue weighted by atomic mass is 19.1. The van der Waals surface area contributed by atoms with Gasteiger partial charge in [-0.1, -0.05) is 13.8 Å². The fourth-order valence-corrected chi connectivity index (χ4v) is 2.27. The topological polar surface area (TPSA) is 53.4 Å². The third-order valence-electron chi connectivity index (χ3n) is 3.24. The molecule has 5 heteroatoms. The molecular formula is C13H19FN2O2. The smallest absolute Gasteiger partial charge is 0.305 e. The first kappa shape index (κ1) is 14.6. The number of rotatable bonds is 6. The first-order valence-electron chi connectivity index (χ1n) is 6.03. The van der Waals surface area contributed by atoms with Crippen LogP contribution in [0.4, 0.5) is 4.39 Å². The van der Waals surface area contributed by atoms with Crippen LogP contribution in [0.15, 0.2) is 18.3 Å². The van der Waals surface area contributed by atoms with Gasteiger partial charge in [-0.3, -0.25) is 14.7 Å². The lowest BCUT2D eigenvalue weighted by Gasteiger charge is -2.38. The van der Waals surface area contributed by atoms with E-state index in [4.69, 9.17) is 5.11 Å². The molecule has 0 aliphatic rings. The van der Waals surface area contributed by atoms with E-state index in [2.05, 4.69) is 4.98 Å². The zero-order valence-corrected chi connectivity index (χ0v) is 11.0. The molecule has 0 spiro atoms. The molecule has 1 aromatic heterocycles. The van der Waals surface area contributed by atoms with Crippen LogP contribution in [-0.4, -0.2) is 34.0 Å². The Morgan fingerprint density at radius 3 is 2.44 bits per heavy atom. The summed E-state index contributed by atoms with van der Waals surface area (Å²) >= 11 is 0. The maximum Gasteiger partial charge on any atom is 0.305 e. The highest BCUT2D eigenvalue weighted by Gasteiger charge is 2.35. The average molecular weight is 254 g/mol. The third-order valence-corrected chi connectivity index (χ3v) is 3.24. The number of halogens is 1. The summed E-state index contributed by atoms with van der Waals surface area (Å²) in [4.78, 5) is 17.1. The molecule has 1 heterocycles. The van der Waals surface area contributed by atoms with Gasteiger partial charge in [0.05, 0.1) is 23.9 Å². The van der Waals surface area contributed by atoms with Gasteiger partial charge in [0.1, 0.15) is 5.82 Å². The number of pyridine rings is 1. The van der Waals surface area contributed by atoms with Crippen LogP contribution in [0, 0.1) is 5.82 Å². The number of hydrogen-bond acceptors (Lipinski definition) is 3. The SMILES string of the molecule is CCN(CC)C(C)(CC(=O)O)c1ccc(F)cn1. The monoisotopic (exact) mass is 254 g/mol. The Balaban J connectivity index is 3.18. The Labute approximate surface area is 106 Å². The first-order chi connectivity index (χ1) is 8.43. The van der Waals surface area contributed by atoms with E-state index in [-0.39, 0.29) is 6.42 Å². The van der Waals surface area contributed by atoms with Gasteiger partial charge in [0, 0.05) is 0 Å². The van der Waals surface area contributed by atoms with Crippen molar-refractivity contribution in [3.8, 4) is 0 Å². The molecule has 4 nitrogen and oxygen atoms in total. The van der Waals surface area contributed by atoms with Crippen molar-refractivity contribution in [3.63, 3.8) is 0 Å². The van der Waals surface area contributed by atoms with Crippen molar-refractivity contribution in [3.05, 3.63) is 29.8 Å². The molecule has 0 fully saturated rings. The molecular weight excluding hydrogens is 235 g/mol. The molecule has 0 aliphatic carbocycles. The predicted octanol–water partition coefficient (Wildman–Crippen LogP) is 2.25. The van der Waals surface area contributed by atoms with Crippen LogP contribution >= 0.6 is 0 Å². The number of carboxylic acid groups (broad SMARTS) is 1. The summed E-state index contributed by atoms with van der Waals surface area (Å²) in [6.45, 7) is 7.17. The quantitative estimate of drug-likeness (QED) is 0.846. The van der Waals surface area contributed by atoms with Crippen molar-refractivity contribution in [1.82, 2.24) is 9.88 Å². The van der Waals surface area contributed by atoms with Crippen LogP contribution in [0.25, 0.3) is 0 Å². The lowest BCUT2D eigenvalue weighted by molar-refractivity contribution is -0.140. The lowest BCUT2D eigenvalue weighted by Crippen LogP contribution is -2.45. The third kappa shape index (κ3) is 3.04. The number of nitrogens with zero attached hydrogens (tertiary/aromatic N) is 2. The van der Waals surface area contributed by atoms with Gasteiger partial charge in [0.2, 0.25) is 0 Å². The fourth-order valence-electron chi connectivity index (χ4n) is 2.27. The van der Waals surface area contributed by atoms with Gasteiger partial charge in [-0.25, -0.2) is 4.39 Å². The van der Waals surface area contributed by atoms with Gasteiger partial charge in [0.25, 0.3) is 0 Å². The molecule has 1 rings (SSSR count). The maximum absolute atomic E-state index is 12.9. The van der Waals surface area contributed by atoms with Crippen LogP contribution < -0.4 is 0 Å². The molecule has 0 aliphatic heterocycles. The molecule has 0 bridgehead atoms. The Hall–Kier alpha value is -1.49. The van der Waals surface area contributed by atoms with Gasteiger partial charge in [-0.05, 0) is 32.1 Å². The van der Waals surface area contributed by atoms with E-state index in [9.17, 15) is 9.18 Å². The van der Waals surface area contributed by atoms with E-state index in [0.29, 0.717) is 18.8 Å². The maximum atomic E-state index is 12.9. The summed E-state index contributed by atoms with van der Waals surface area (Å²) in [5, 5.41) is 9.08. The van der Waals surface area contributed by atoms with Gasteiger partial charge in [-0.2, -0.15) is 0 Å². The Bertz CT molecular complexity index is 404. The van der Waals surface area contributed by atoms with E-state index in [1.807, 2.05) is 25.7 Å². The van der Waals surface area contributed by atoms with Crippen LogP contribution in [0.1, 0.15) is 32.9 Å². The summed E-state index contributed by atoms with van der Waals surface area (Å²) in [7, 11) is 0. The number of aliphatic carboxylic acids is 1. The summed E-state index contributed by atoms with van der Waals surface area (Å²) in [5.74, 6) is -1.31. The Morgan fingerprint density at radius 1 is 1.44 bits per heavy atom. The number of hydrogen-bond donors (Lipinski definition) is 1. The minimum atomic E-state index is -0.893. The molecule has 100 valence electrons. The normalized spacial score (nSPS) is 14.5. The highest BCUT2D eigenvalue weighted by Crippen LogP contribution is 2.30. The summed E-state index contributed by atoms with van der Waals surface area (Å²) in [6.07, 6.45) is 1.06. The van der Waals surface area contributed by atoms with E-state index in [1.165, 1.54) is 6.07 Å². The van der Waals surface area contributed by atoms with E-state index in [1.54, 1.807) is 6.07 Å². The van der Waals surface area contributed by atoms with Crippen LogP contribution in [0.5, 0.6) is 0 Å². The molecule has 1 N–H and O–H groups in total. The van der Waals surface area contributed by atoms with E-state index >= 15 is 0 Å². The standard InChI is InChI=1S/C13H19FN2O2/c1-4-16(5-2)13(3,8-12(17)18)11-7-6-10(14)9-15-11/h6-7,9H,4-5,8H2,1-3H3,(H,17,18). The fraction of sp³-hybridized carbons (Fsp3) is 0.538. The zero-order chi connectivity index (χ0) is 13.8. The van der Waals surface area contributed by atoms with Gasteiger partial charge < -0.3 is 5.11 Å². The van der Waals surface area contributed by atoms with Gasteiger partial charge in [0.15, 0.2) is 0 Å². The van der Waals surface area contributed by atoms with Crippen molar-refractivity contribution >= 4 is 5.97 Å². The molecule has 0 amide bonds. The molecule has 0 aromatic carbocycles. The number of carbonyl (C=O) groups is 1.